The highest BCUT2D eigenvalue weighted by Crippen LogP contribution is 2.26. The highest BCUT2D eigenvalue weighted by molar-refractivity contribution is 6.42. The Morgan fingerprint density at radius 2 is 1.68 bits per heavy atom. The van der Waals surface area contributed by atoms with E-state index in [9.17, 15) is 5.11 Å². The fraction of sp³-hybridized carbons (Fsp3) is 0.250. The molecule has 19 heavy (non-hydrogen) atoms. The molecule has 0 fully saturated rings. The zero-order chi connectivity index (χ0) is 13.8. The lowest BCUT2D eigenvalue weighted by Gasteiger charge is -2.19. The third-order valence-corrected chi connectivity index (χ3v) is 4.07. The second kappa shape index (κ2) is 6.42. The van der Waals surface area contributed by atoms with Crippen LogP contribution in [0, 0.1) is 0 Å². The van der Waals surface area contributed by atoms with Crippen molar-refractivity contribution < 1.29 is 5.11 Å². The Kier molecular flexibility index (Phi) is 4.87. The van der Waals surface area contributed by atoms with Crippen LogP contribution < -0.4 is 0 Å². The maximum absolute atomic E-state index is 10.3. The highest BCUT2D eigenvalue weighted by Gasteiger charge is 2.16. The van der Waals surface area contributed by atoms with Crippen molar-refractivity contribution in [3.8, 4) is 0 Å². The molecule has 2 unspecified atom stereocenters. The average molecular weight is 295 g/mol. The van der Waals surface area contributed by atoms with Crippen LogP contribution in [0.2, 0.25) is 10.0 Å². The maximum Gasteiger partial charge on any atom is 0.0646 e. The average Bonchev–Trinajstić information content (AvgIpc) is 2.43. The van der Waals surface area contributed by atoms with Crippen LogP contribution in [0.3, 0.4) is 0 Å². The van der Waals surface area contributed by atoms with E-state index in [0.717, 1.165) is 11.1 Å². The van der Waals surface area contributed by atoms with Gasteiger partial charge in [-0.25, -0.2) is 0 Å². The highest BCUT2D eigenvalue weighted by atomic mass is 35.5. The molecule has 0 heterocycles. The largest absolute Gasteiger partial charge is 0.392 e. The number of aliphatic hydroxyl groups excluding tert-OH is 1. The summed E-state index contributed by atoms with van der Waals surface area (Å²) in [6.07, 6.45) is 0.118. The van der Waals surface area contributed by atoms with Crippen molar-refractivity contribution in [3.05, 3.63) is 69.7 Å². The Morgan fingerprint density at radius 1 is 1.00 bits per heavy atom. The SMILES string of the molecule is CC(c1ccccc1)C(O)Cc1ccc(Cl)c(Cl)c1. The first kappa shape index (κ1) is 14.4. The van der Waals surface area contributed by atoms with Crippen LogP contribution in [0.1, 0.15) is 24.0 Å². The summed E-state index contributed by atoms with van der Waals surface area (Å²) >= 11 is 11.9. The van der Waals surface area contributed by atoms with Crippen molar-refractivity contribution in [1.29, 1.82) is 0 Å². The predicted molar refractivity (Wildman–Crippen MR) is 81.0 cm³/mol. The minimum atomic E-state index is -0.445. The van der Waals surface area contributed by atoms with Crippen LogP contribution in [-0.4, -0.2) is 11.2 Å². The summed E-state index contributed by atoms with van der Waals surface area (Å²) in [5, 5.41) is 11.4. The molecule has 0 amide bonds. The Labute approximate surface area is 123 Å². The first-order valence-electron chi connectivity index (χ1n) is 6.25. The van der Waals surface area contributed by atoms with Crippen molar-refractivity contribution in [1.82, 2.24) is 0 Å². The monoisotopic (exact) mass is 294 g/mol. The van der Waals surface area contributed by atoms with Gasteiger partial charge in [0.1, 0.15) is 0 Å². The van der Waals surface area contributed by atoms with Gasteiger partial charge >= 0.3 is 0 Å². The molecular weight excluding hydrogens is 279 g/mol. The lowest BCUT2D eigenvalue weighted by Crippen LogP contribution is -2.18. The van der Waals surface area contributed by atoms with Crippen molar-refractivity contribution in [2.75, 3.05) is 0 Å². The molecule has 100 valence electrons. The first-order chi connectivity index (χ1) is 9.08. The topological polar surface area (TPSA) is 20.2 Å². The summed E-state index contributed by atoms with van der Waals surface area (Å²) in [6, 6.07) is 15.5. The van der Waals surface area contributed by atoms with Gasteiger partial charge in [-0.1, -0.05) is 66.5 Å². The smallest absolute Gasteiger partial charge is 0.0646 e. The summed E-state index contributed by atoms with van der Waals surface area (Å²) < 4.78 is 0. The lowest BCUT2D eigenvalue weighted by atomic mass is 9.91. The number of hydrogen-bond acceptors (Lipinski definition) is 1. The van der Waals surface area contributed by atoms with Crippen LogP contribution in [0.5, 0.6) is 0 Å². The molecule has 0 aliphatic heterocycles. The predicted octanol–water partition coefficient (Wildman–Crippen LogP) is 4.70. The van der Waals surface area contributed by atoms with E-state index in [0.29, 0.717) is 16.5 Å². The van der Waals surface area contributed by atoms with Crippen molar-refractivity contribution in [3.63, 3.8) is 0 Å². The molecule has 2 aromatic carbocycles. The minimum absolute atomic E-state index is 0.0793. The molecule has 2 aromatic rings. The summed E-state index contributed by atoms with van der Waals surface area (Å²) in [5.74, 6) is 0.0793. The van der Waals surface area contributed by atoms with Gasteiger partial charge in [-0.2, -0.15) is 0 Å². The Morgan fingerprint density at radius 3 is 2.32 bits per heavy atom. The van der Waals surface area contributed by atoms with E-state index >= 15 is 0 Å². The zero-order valence-corrected chi connectivity index (χ0v) is 12.2. The molecule has 0 radical (unpaired) electrons. The molecular formula is C16H16Cl2O. The molecule has 0 spiro atoms. The molecule has 0 aliphatic carbocycles. The Balaban J connectivity index is 2.08. The summed E-state index contributed by atoms with van der Waals surface area (Å²) in [5.41, 5.74) is 2.12. The molecule has 0 aromatic heterocycles. The van der Waals surface area contributed by atoms with Gasteiger partial charge in [-0.3, -0.25) is 0 Å². The van der Waals surface area contributed by atoms with E-state index in [1.807, 2.05) is 49.4 Å². The van der Waals surface area contributed by atoms with E-state index < -0.39 is 6.10 Å². The van der Waals surface area contributed by atoms with Gasteiger partial charge in [0.15, 0.2) is 0 Å². The van der Waals surface area contributed by atoms with Gasteiger partial charge in [0.25, 0.3) is 0 Å². The number of hydrogen-bond donors (Lipinski definition) is 1. The molecule has 0 saturated carbocycles. The van der Waals surface area contributed by atoms with Crippen molar-refractivity contribution in [2.24, 2.45) is 0 Å². The molecule has 0 aliphatic rings. The van der Waals surface area contributed by atoms with Crippen LogP contribution in [-0.2, 0) is 6.42 Å². The standard InChI is InChI=1S/C16H16Cl2O/c1-11(13-5-3-2-4-6-13)16(19)10-12-7-8-14(17)15(18)9-12/h2-9,11,16,19H,10H2,1H3. The molecule has 1 N–H and O–H groups in total. The Hall–Kier alpha value is -1.02. The van der Waals surface area contributed by atoms with E-state index in [-0.39, 0.29) is 5.92 Å². The molecule has 3 heteroatoms. The second-order valence-electron chi connectivity index (χ2n) is 4.72. The molecule has 0 saturated heterocycles. The quantitative estimate of drug-likeness (QED) is 0.866. The van der Waals surface area contributed by atoms with E-state index in [1.165, 1.54) is 0 Å². The number of halogens is 2. The van der Waals surface area contributed by atoms with Gasteiger partial charge in [-0.05, 0) is 29.7 Å². The summed E-state index contributed by atoms with van der Waals surface area (Å²) in [7, 11) is 0. The number of benzene rings is 2. The van der Waals surface area contributed by atoms with Crippen LogP contribution in [0.25, 0.3) is 0 Å². The van der Waals surface area contributed by atoms with E-state index in [4.69, 9.17) is 23.2 Å². The van der Waals surface area contributed by atoms with Gasteiger partial charge in [-0.15, -0.1) is 0 Å². The van der Waals surface area contributed by atoms with E-state index in [1.54, 1.807) is 6.07 Å². The van der Waals surface area contributed by atoms with Gasteiger partial charge in [0, 0.05) is 5.92 Å². The maximum atomic E-state index is 10.3. The minimum Gasteiger partial charge on any atom is -0.392 e. The summed E-state index contributed by atoms with van der Waals surface area (Å²) in [4.78, 5) is 0. The number of rotatable bonds is 4. The third-order valence-electron chi connectivity index (χ3n) is 3.33. The number of aliphatic hydroxyl groups is 1. The molecule has 2 atom stereocenters. The summed E-state index contributed by atoms with van der Waals surface area (Å²) in [6.45, 7) is 2.03. The third kappa shape index (κ3) is 3.73. The van der Waals surface area contributed by atoms with Crippen molar-refractivity contribution in [2.45, 2.75) is 25.4 Å². The first-order valence-corrected chi connectivity index (χ1v) is 7.00. The molecule has 2 rings (SSSR count). The van der Waals surface area contributed by atoms with Crippen LogP contribution in [0.4, 0.5) is 0 Å². The second-order valence-corrected chi connectivity index (χ2v) is 5.53. The zero-order valence-electron chi connectivity index (χ0n) is 10.7. The van der Waals surface area contributed by atoms with Crippen LogP contribution >= 0.6 is 23.2 Å². The van der Waals surface area contributed by atoms with Gasteiger partial charge in [0.2, 0.25) is 0 Å². The fourth-order valence-electron chi connectivity index (χ4n) is 2.06. The molecule has 1 nitrogen and oxygen atoms in total. The van der Waals surface area contributed by atoms with E-state index in [2.05, 4.69) is 0 Å². The fourth-order valence-corrected chi connectivity index (χ4v) is 2.38. The van der Waals surface area contributed by atoms with Crippen molar-refractivity contribution >= 4 is 23.2 Å². The van der Waals surface area contributed by atoms with Crippen LogP contribution in [0.15, 0.2) is 48.5 Å². The Bertz CT molecular complexity index is 540. The van der Waals surface area contributed by atoms with Gasteiger partial charge in [0.05, 0.1) is 16.1 Å². The molecule has 0 bridgehead atoms. The normalized spacial score (nSPS) is 14.1. The van der Waals surface area contributed by atoms with Gasteiger partial charge < -0.3 is 5.11 Å². The lowest BCUT2D eigenvalue weighted by molar-refractivity contribution is 0.149.